The van der Waals surface area contributed by atoms with Gasteiger partial charge < -0.3 is 5.32 Å². The van der Waals surface area contributed by atoms with E-state index in [0.717, 1.165) is 27.8 Å². The molecule has 0 saturated carbocycles. The maximum absolute atomic E-state index is 13.6. The second kappa shape index (κ2) is 9.73. The topological polar surface area (TPSA) is 29.1 Å². The zero-order chi connectivity index (χ0) is 21.5. The van der Waals surface area contributed by atoms with Gasteiger partial charge in [0.25, 0.3) is 5.91 Å². The molecule has 1 atom stereocenters. The third-order valence-corrected chi connectivity index (χ3v) is 5.35. The Balaban J connectivity index is 1.75. The molecular formula is C29H25NO. The maximum Gasteiger partial charge on any atom is 0.252 e. The molecule has 1 N–H and O–H groups in total. The van der Waals surface area contributed by atoms with Crippen molar-refractivity contribution in [1.82, 2.24) is 5.32 Å². The highest BCUT2D eigenvalue weighted by molar-refractivity contribution is 6.24. The molecule has 0 aromatic heterocycles. The Labute approximate surface area is 183 Å². The summed E-state index contributed by atoms with van der Waals surface area (Å²) in [6.07, 6.45) is 1.95. The van der Waals surface area contributed by atoms with Gasteiger partial charge in [-0.2, -0.15) is 0 Å². The van der Waals surface area contributed by atoms with Crippen molar-refractivity contribution >= 4 is 17.6 Å². The van der Waals surface area contributed by atoms with E-state index >= 15 is 0 Å². The number of carbonyl (C=O) groups is 1. The minimum Gasteiger partial charge on any atom is -0.341 e. The summed E-state index contributed by atoms with van der Waals surface area (Å²) in [6, 6.07) is 37.8. The molecule has 0 aliphatic heterocycles. The second-order valence-electron chi connectivity index (χ2n) is 7.51. The average molecular weight is 404 g/mol. The quantitative estimate of drug-likeness (QED) is 0.291. The number of amides is 1. The van der Waals surface area contributed by atoms with Crippen LogP contribution in [0, 0.1) is 6.92 Å². The molecule has 2 nitrogen and oxygen atoms in total. The van der Waals surface area contributed by atoms with Gasteiger partial charge in [-0.05, 0) is 40.8 Å². The Hall–Kier alpha value is -3.91. The van der Waals surface area contributed by atoms with Gasteiger partial charge in [0.1, 0.15) is 0 Å². The molecule has 0 unspecified atom stereocenters. The van der Waals surface area contributed by atoms with Crippen molar-refractivity contribution in [1.29, 1.82) is 0 Å². The Kier molecular flexibility index (Phi) is 6.39. The fourth-order valence-electron chi connectivity index (χ4n) is 3.72. The summed E-state index contributed by atoms with van der Waals surface area (Å²) in [5.74, 6) is -0.104. The standard InChI is InChI=1S/C29H25NO/c1-22-13-11-12-20-26(22)28(25-18-9-4-10-19-25)30-29(31)27(24-16-7-3-8-17-24)21-23-14-5-2-6-15-23/h2-21,28H,1H3,(H,30,31)/b27-21+/t28-/m0/s1. The van der Waals surface area contributed by atoms with Crippen LogP contribution in [-0.2, 0) is 4.79 Å². The lowest BCUT2D eigenvalue weighted by Gasteiger charge is -2.22. The third-order valence-electron chi connectivity index (χ3n) is 5.35. The average Bonchev–Trinajstić information content (AvgIpc) is 2.83. The summed E-state index contributed by atoms with van der Waals surface area (Å²) in [7, 11) is 0. The molecule has 4 aromatic rings. The van der Waals surface area contributed by atoms with E-state index in [-0.39, 0.29) is 11.9 Å². The van der Waals surface area contributed by atoms with Crippen molar-refractivity contribution in [3.05, 3.63) is 143 Å². The first-order valence-electron chi connectivity index (χ1n) is 10.5. The van der Waals surface area contributed by atoms with Crippen molar-refractivity contribution in [3.8, 4) is 0 Å². The smallest absolute Gasteiger partial charge is 0.252 e. The largest absolute Gasteiger partial charge is 0.341 e. The lowest BCUT2D eigenvalue weighted by atomic mass is 9.94. The minimum atomic E-state index is -0.238. The number of aryl methyl sites for hydroxylation is 1. The van der Waals surface area contributed by atoms with Crippen LogP contribution >= 0.6 is 0 Å². The Morgan fingerprint density at radius 2 is 1.26 bits per heavy atom. The molecule has 0 saturated heterocycles. The van der Waals surface area contributed by atoms with Crippen molar-refractivity contribution in [2.24, 2.45) is 0 Å². The SMILES string of the molecule is Cc1ccccc1[C@@H](NC(=O)/C(=C/c1ccccc1)c1ccccc1)c1ccccc1. The van der Waals surface area contributed by atoms with E-state index in [0.29, 0.717) is 5.57 Å². The summed E-state index contributed by atoms with van der Waals surface area (Å²) >= 11 is 0. The van der Waals surface area contributed by atoms with Crippen molar-refractivity contribution in [2.75, 3.05) is 0 Å². The van der Waals surface area contributed by atoms with E-state index < -0.39 is 0 Å². The van der Waals surface area contributed by atoms with Crippen LogP contribution in [0.5, 0.6) is 0 Å². The fraction of sp³-hybridized carbons (Fsp3) is 0.0690. The van der Waals surface area contributed by atoms with Gasteiger partial charge in [-0.25, -0.2) is 0 Å². The zero-order valence-corrected chi connectivity index (χ0v) is 17.5. The van der Waals surface area contributed by atoms with Gasteiger partial charge in [-0.1, -0.05) is 115 Å². The number of hydrogen-bond donors (Lipinski definition) is 1. The predicted molar refractivity (Wildman–Crippen MR) is 128 cm³/mol. The molecule has 0 heterocycles. The molecular weight excluding hydrogens is 378 g/mol. The minimum absolute atomic E-state index is 0.104. The molecule has 2 heteroatoms. The zero-order valence-electron chi connectivity index (χ0n) is 17.5. The van der Waals surface area contributed by atoms with Crippen LogP contribution in [0.1, 0.15) is 33.9 Å². The van der Waals surface area contributed by atoms with Gasteiger partial charge in [0.15, 0.2) is 0 Å². The van der Waals surface area contributed by atoms with Crippen LogP contribution in [0.2, 0.25) is 0 Å². The van der Waals surface area contributed by atoms with Gasteiger partial charge in [-0.3, -0.25) is 4.79 Å². The molecule has 0 fully saturated rings. The predicted octanol–water partition coefficient (Wildman–Crippen LogP) is 6.44. The molecule has 31 heavy (non-hydrogen) atoms. The van der Waals surface area contributed by atoms with Crippen LogP contribution in [-0.4, -0.2) is 5.91 Å². The van der Waals surface area contributed by atoms with Crippen molar-refractivity contribution < 1.29 is 4.79 Å². The highest BCUT2D eigenvalue weighted by atomic mass is 16.1. The second-order valence-corrected chi connectivity index (χ2v) is 7.51. The van der Waals surface area contributed by atoms with Crippen LogP contribution in [0.15, 0.2) is 115 Å². The molecule has 0 radical (unpaired) electrons. The number of hydrogen-bond acceptors (Lipinski definition) is 1. The first kappa shape index (κ1) is 20.4. The van der Waals surface area contributed by atoms with E-state index in [2.05, 4.69) is 36.5 Å². The summed E-state index contributed by atoms with van der Waals surface area (Å²) in [6.45, 7) is 2.08. The Morgan fingerprint density at radius 3 is 1.90 bits per heavy atom. The molecule has 0 aliphatic carbocycles. The molecule has 0 aliphatic rings. The monoisotopic (exact) mass is 403 g/mol. The number of benzene rings is 4. The van der Waals surface area contributed by atoms with Crippen molar-refractivity contribution in [2.45, 2.75) is 13.0 Å². The van der Waals surface area contributed by atoms with Gasteiger partial charge in [-0.15, -0.1) is 0 Å². The fourth-order valence-corrected chi connectivity index (χ4v) is 3.72. The normalized spacial score (nSPS) is 12.2. The summed E-state index contributed by atoms with van der Waals surface area (Å²) in [5.41, 5.74) is 5.81. The van der Waals surface area contributed by atoms with Gasteiger partial charge >= 0.3 is 0 Å². The first-order valence-corrected chi connectivity index (χ1v) is 10.5. The van der Waals surface area contributed by atoms with E-state index in [9.17, 15) is 4.79 Å². The highest BCUT2D eigenvalue weighted by Crippen LogP contribution is 2.27. The first-order chi connectivity index (χ1) is 15.2. The number of nitrogens with one attached hydrogen (secondary N) is 1. The summed E-state index contributed by atoms with van der Waals surface area (Å²) in [4.78, 5) is 13.6. The highest BCUT2D eigenvalue weighted by Gasteiger charge is 2.21. The third kappa shape index (κ3) is 4.99. The summed E-state index contributed by atoms with van der Waals surface area (Å²) in [5, 5.41) is 3.30. The van der Waals surface area contributed by atoms with E-state index in [1.807, 2.05) is 97.1 Å². The molecule has 0 spiro atoms. The van der Waals surface area contributed by atoms with Crippen LogP contribution in [0.3, 0.4) is 0 Å². The Bertz CT molecular complexity index is 1170. The van der Waals surface area contributed by atoms with Gasteiger partial charge in [0, 0.05) is 5.57 Å². The van der Waals surface area contributed by atoms with Crippen LogP contribution in [0.4, 0.5) is 0 Å². The van der Waals surface area contributed by atoms with Crippen LogP contribution < -0.4 is 5.32 Å². The molecule has 152 valence electrons. The van der Waals surface area contributed by atoms with Gasteiger partial charge in [0.05, 0.1) is 6.04 Å². The molecule has 4 rings (SSSR count). The summed E-state index contributed by atoms with van der Waals surface area (Å²) < 4.78 is 0. The Morgan fingerprint density at radius 1 is 0.710 bits per heavy atom. The van der Waals surface area contributed by atoms with Gasteiger partial charge in [0.2, 0.25) is 0 Å². The lowest BCUT2D eigenvalue weighted by Crippen LogP contribution is -2.30. The van der Waals surface area contributed by atoms with E-state index in [1.165, 1.54) is 0 Å². The number of carbonyl (C=O) groups excluding carboxylic acids is 1. The molecule has 0 bridgehead atoms. The van der Waals surface area contributed by atoms with E-state index in [4.69, 9.17) is 0 Å². The van der Waals surface area contributed by atoms with Crippen molar-refractivity contribution in [3.63, 3.8) is 0 Å². The molecule has 4 aromatic carbocycles. The number of rotatable bonds is 6. The van der Waals surface area contributed by atoms with E-state index in [1.54, 1.807) is 0 Å². The van der Waals surface area contributed by atoms with Crippen LogP contribution in [0.25, 0.3) is 11.6 Å². The molecule has 1 amide bonds. The maximum atomic E-state index is 13.6. The lowest BCUT2D eigenvalue weighted by molar-refractivity contribution is -0.116.